The second-order valence-corrected chi connectivity index (χ2v) is 5.93. The molecule has 1 fully saturated rings. The quantitative estimate of drug-likeness (QED) is 0.742. The highest BCUT2D eigenvalue weighted by Gasteiger charge is 2.13. The summed E-state index contributed by atoms with van der Waals surface area (Å²) in [6.45, 7) is 4.67. The van der Waals surface area contributed by atoms with E-state index < -0.39 is 0 Å². The summed E-state index contributed by atoms with van der Waals surface area (Å²) in [4.78, 5) is 18.5. The topological polar surface area (TPSA) is 98.3 Å². The summed E-state index contributed by atoms with van der Waals surface area (Å²) in [6, 6.07) is 5.24. The summed E-state index contributed by atoms with van der Waals surface area (Å²) in [5.41, 5.74) is 7.40. The molecule has 0 unspecified atom stereocenters. The smallest absolute Gasteiger partial charge is 0.271 e. The monoisotopic (exact) mass is 354 g/mol. The number of morpholine rings is 1. The van der Waals surface area contributed by atoms with E-state index in [0.29, 0.717) is 29.3 Å². The molecular weight excluding hydrogens is 332 g/mol. The van der Waals surface area contributed by atoms with E-state index in [0.717, 1.165) is 32.8 Å². The summed E-state index contributed by atoms with van der Waals surface area (Å²) in [6.07, 6.45) is 1.62. The summed E-state index contributed by atoms with van der Waals surface area (Å²) >= 11 is 0. The van der Waals surface area contributed by atoms with Gasteiger partial charge in [0.2, 0.25) is 0 Å². The number of nitrogens with one attached hydrogen (secondary N) is 1. The van der Waals surface area contributed by atoms with Crippen molar-refractivity contribution in [3.63, 3.8) is 0 Å². The largest absolute Gasteiger partial charge is 0.383 e. The van der Waals surface area contributed by atoms with Crippen LogP contribution in [-0.4, -0.2) is 65.0 Å². The molecule has 3 rings (SSSR count). The van der Waals surface area contributed by atoms with E-state index in [4.69, 9.17) is 10.5 Å². The Morgan fingerprint density at radius 2 is 2.19 bits per heavy atom. The number of anilines is 1. The molecule has 0 aromatic carbocycles. The minimum atomic E-state index is -0.206. The second-order valence-electron chi connectivity index (χ2n) is 5.93. The first-order valence-electron chi connectivity index (χ1n) is 8.48. The molecule has 2 aromatic rings. The molecule has 8 nitrogen and oxygen atoms in total. The first-order valence-corrected chi connectivity index (χ1v) is 8.48. The number of nitrogens with zero attached hydrogens (tertiary/aromatic N) is 4. The Morgan fingerprint density at radius 1 is 1.38 bits per heavy atom. The lowest BCUT2D eigenvalue weighted by Gasteiger charge is -2.26. The Labute approximate surface area is 152 Å². The molecule has 136 valence electrons. The lowest BCUT2D eigenvalue weighted by atomic mass is 10.2. The fraction of sp³-hybridized carbons (Fsp3) is 0.389. The van der Waals surface area contributed by atoms with Crippen LogP contribution in [0.5, 0.6) is 0 Å². The lowest BCUT2D eigenvalue weighted by molar-refractivity contribution is 0.0383. The third-order valence-corrected chi connectivity index (χ3v) is 4.09. The Kier molecular flexibility index (Phi) is 5.84. The SMILES string of the molecule is Cn1nc(C(=O)NCCN2CCOCC2)cc1C#Cc1cccnc1N. The number of carbonyl (C=O) groups excluding carboxylic acids is 1. The van der Waals surface area contributed by atoms with Gasteiger partial charge in [-0.15, -0.1) is 0 Å². The number of aromatic nitrogens is 3. The molecule has 2 aromatic heterocycles. The second kappa shape index (κ2) is 8.47. The van der Waals surface area contributed by atoms with Gasteiger partial charge in [0.25, 0.3) is 5.91 Å². The molecule has 0 atom stereocenters. The predicted octanol–water partition coefficient (Wildman–Crippen LogP) is -0.141. The molecule has 0 radical (unpaired) electrons. The molecule has 1 saturated heterocycles. The highest BCUT2D eigenvalue weighted by molar-refractivity contribution is 5.92. The van der Waals surface area contributed by atoms with Crippen molar-refractivity contribution >= 4 is 11.7 Å². The zero-order valence-electron chi connectivity index (χ0n) is 14.7. The summed E-state index contributed by atoms with van der Waals surface area (Å²) in [7, 11) is 1.75. The maximum atomic E-state index is 12.3. The molecule has 0 bridgehead atoms. The van der Waals surface area contributed by atoms with Gasteiger partial charge in [-0.25, -0.2) is 4.98 Å². The number of ether oxygens (including phenoxy) is 1. The summed E-state index contributed by atoms with van der Waals surface area (Å²) in [5, 5.41) is 7.13. The third kappa shape index (κ3) is 4.59. The highest BCUT2D eigenvalue weighted by atomic mass is 16.5. The Hall–Kier alpha value is -2.89. The van der Waals surface area contributed by atoms with Gasteiger partial charge in [-0.05, 0) is 18.1 Å². The van der Waals surface area contributed by atoms with E-state index in [1.807, 2.05) is 0 Å². The molecule has 0 saturated carbocycles. The van der Waals surface area contributed by atoms with Crippen LogP contribution in [-0.2, 0) is 11.8 Å². The number of pyridine rings is 1. The summed E-state index contributed by atoms with van der Waals surface area (Å²) < 4.78 is 6.89. The van der Waals surface area contributed by atoms with E-state index in [1.54, 1.807) is 36.1 Å². The van der Waals surface area contributed by atoms with Crippen molar-refractivity contribution in [2.24, 2.45) is 7.05 Å². The van der Waals surface area contributed by atoms with Crippen molar-refractivity contribution in [2.45, 2.75) is 0 Å². The average molecular weight is 354 g/mol. The standard InChI is InChI=1S/C18H22N6O2/c1-23-15(5-4-14-3-2-6-20-17(14)19)13-16(22-23)18(25)21-7-8-24-9-11-26-12-10-24/h2-3,6,13H,7-12H2,1H3,(H2,19,20)(H,21,25). The van der Waals surface area contributed by atoms with Crippen molar-refractivity contribution in [1.82, 2.24) is 25.0 Å². The van der Waals surface area contributed by atoms with E-state index >= 15 is 0 Å². The Bertz CT molecular complexity index is 830. The van der Waals surface area contributed by atoms with Crippen molar-refractivity contribution in [3.8, 4) is 11.8 Å². The number of rotatable bonds is 4. The van der Waals surface area contributed by atoms with Crippen molar-refractivity contribution in [1.29, 1.82) is 0 Å². The van der Waals surface area contributed by atoms with Crippen LogP contribution in [0.15, 0.2) is 24.4 Å². The number of hydrogen-bond acceptors (Lipinski definition) is 6. The first-order chi connectivity index (χ1) is 12.6. The number of carbonyl (C=O) groups is 1. The van der Waals surface area contributed by atoms with Crippen LogP contribution in [0.25, 0.3) is 0 Å². The highest BCUT2D eigenvalue weighted by Crippen LogP contribution is 2.06. The van der Waals surface area contributed by atoms with Crippen LogP contribution in [0.1, 0.15) is 21.7 Å². The van der Waals surface area contributed by atoms with Crippen LogP contribution in [0.2, 0.25) is 0 Å². The maximum Gasteiger partial charge on any atom is 0.271 e. The predicted molar refractivity (Wildman–Crippen MR) is 97.4 cm³/mol. The van der Waals surface area contributed by atoms with Crippen LogP contribution in [0.3, 0.4) is 0 Å². The van der Waals surface area contributed by atoms with Crippen molar-refractivity contribution < 1.29 is 9.53 Å². The number of nitrogens with two attached hydrogens (primary N) is 1. The van der Waals surface area contributed by atoms with Crippen molar-refractivity contribution in [2.75, 3.05) is 45.1 Å². The fourth-order valence-corrected chi connectivity index (χ4v) is 2.59. The minimum absolute atomic E-state index is 0.206. The molecule has 1 aliphatic rings. The Balaban J connectivity index is 1.59. The molecule has 0 spiro atoms. The van der Waals surface area contributed by atoms with Crippen LogP contribution in [0, 0.1) is 11.8 Å². The zero-order valence-corrected chi connectivity index (χ0v) is 14.7. The first kappa shape index (κ1) is 17.9. The van der Waals surface area contributed by atoms with Gasteiger partial charge in [-0.2, -0.15) is 5.10 Å². The van der Waals surface area contributed by atoms with Gasteiger partial charge in [0.05, 0.1) is 18.8 Å². The normalized spacial score (nSPS) is 14.5. The molecule has 26 heavy (non-hydrogen) atoms. The van der Waals surface area contributed by atoms with Gasteiger partial charge in [0.1, 0.15) is 11.5 Å². The number of nitrogen functional groups attached to an aromatic ring is 1. The molecule has 1 amide bonds. The van der Waals surface area contributed by atoms with Gasteiger partial charge < -0.3 is 15.8 Å². The van der Waals surface area contributed by atoms with Gasteiger partial charge >= 0.3 is 0 Å². The molecule has 1 aliphatic heterocycles. The number of amides is 1. The lowest BCUT2D eigenvalue weighted by Crippen LogP contribution is -2.41. The van der Waals surface area contributed by atoms with Gasteiger partial charge in [0.15, 0.2) is 5.69 Å². The average Bonchev–Trinajstić information content (AvgIpc) is 3.03. The van der Waals surface area contributed by atoms with E-state index in [2.05, 4.69) is 32.1 Å². The molecular formula is C18H22N6O2. The van der Waals surface area contributed by atoms with Gasteiger partial charge in [0, 0.05) is 45.5 Å². The van der Waals surface area contributed by atoms with Crippen LogP contribution in [0.4, 0.5) is 5.82 Å². The summed E-state index contributed by atoms with van der Waals surface area (Å²) in [5.74, 6) is 6.11. The fourth-order valence-electron chi connectivity index (χ4n) is 2.59. The van der Waals surface area contributed by atoms with E-state index in [-0.39, 0.29) is 5.91 Å². The van der Waals surface area contributed by atoms with E-state index in [1.165, 1.54) is 0 Å². The molecule has 0 aliphatic carbocycles. The van der Waals surface area contributed by atoms with Crippen LogP contribution >= 0.6 is 0 Å². The maximum absolute atomic E-state index is 12.3. The molecule has 8 heteroatoms. The Morgan fingerprint density at radius 3 is 2.96 bits per heavy atom. The molecule has 3 N–H and O–H groups in total. The molecule has 3 heterocycles. The van der Waals surface area contributed by atoms with Gasteiger partial charge in [-0.3, -0.25) is 14.4 Å². The zero-order chi connectivity index (χ0) is 18.4. The minimum Gasteiger partial charge on any atom is -0.383 e. The van der Waals surface area contributed by atoms with Crippen LogP contribution < -0.4 is 11.1 Å². The van der Waals surface area contributed by atoms with E-state index in [9.17, 15) is 4.79 Å². The third-order valence-electron chi connectivity index (χ3n) is 4.09. The number of hydrogen-bond donors (Lipinski definition) is 2. The number of aryl methyl sites for hydroxylation is 1. The van der Waals surface area contributed by atoms with Gasteiger partial charge in [-0.1, -0.05) is 5.92 Å². The van der Waals surface area contributed by atoms with Crippen molar-refractivity contribution in [3.05, 3.63) is 41.3 Å².